The molecule has 2 amide bonds. The van der Waals surface area contributed by atoms with Gasteiger partial charge in [-0.15, -0.1) is 0 Å². The van der Waals surface area contributed by atoms with Crippen LogP contribution in [-0.2, 0) is 9.53 Å². The molecule has 0 saturated carbocycles. The number of para-hydroxylation sites is 1. The Labute approximate surface area is 146 Å². The van der Waals surface area contributed by atoms with E-state index >= 15 is 0 Å². The van der Waals surface area contributed by atoms with E-state index in [1.54, 1.807) is 40.9 Å². The zero-order valence-corrected chi connectivity index (χ0v) is 14.9. The zero-order chi connectivity index (χ0) is 17.4. The van der Waals surface area contributed by atoms with E-state index in [0.29, 0.717) is 44.0 Å². The lowest BCUT2D eigenvalue weighted by Gasteiger charge is -2.30. The molecule has 0 bridgehead atoms. The van der Waals surface area contributed by atoms with E-state index in [4.69, 9.17) is 9.47 Å². The number of rotatable bonds is 7. The smallest absolute Gasteiger partial charge is 0.255 e. The summed E-state index contributed by atoms with van der Waals surface area (Å²) in [6.45, 7) is 2.22. The number of nitrogens with zero attached hydrogens (tertiary/aromatic N) is 1. The van der Waals surface area contributed by atoms with Gasteiger partial charge in [0, 0.05) is 13.1 Å². The summed E-state index contributed by atoms with van der Waals surface area (Å²) >= 11 is 1.65. The van der Waals surface area contributed by atoms with Gasteiger partial charge in [0.15, 0.2) is 0 Å². The Hall–Kier alpha value is -1.73. The molecule has 1 saturated heterocycles. The fourth-order valence-electron chi connectivity index (χ4n) is 2.57. The van der Waals surface area contributed by atoms with Crippen molar-refractivity contribution < 1.29 is 19.1 Å². The van der Waals surface area contributed by atoms with Crippen molar-refractivity contribution in [3.63, 3.8) is 0 Å². The van der Waals surface area contributed by atoms with Crippen LogP contribution in [0.15, 0.2) is 24.3 Å². The molecule has 0 unspecified atom stereocenters. The summed E-state index contributed by atoms with van der Waals surface area (Å²) in [5, 5.41) is 2.88. The first kappa shape index (κ1) is 18.6. The van der Waals surface area contributed by atoms with Crippen molar-refractivity contribution in [3.8, 4) is 5.75 Å². The van der Waals surface area contributed by atoms with Crippen LogP contribution in [0.3, 0.4) is 0 Å². The van der Waals surface area contributed by atoms with Crippen molar-refractivity contribution in [2.24, 2.45) is 0 Å². The molecule has 1 fully saturated rings. The molecule has 1 aromatic rings. The molecular formula is C17H24N2O4S. The first-order chi connectivity index (χ1) is 11.7. The SMILES string of the molecule is COc1ccccc1C(=O)N[C@H](CCSC)C(=O)N1CCOCC1. The van der Waals surface area contributed by atoms with Gasteiger partial charge in [-0.05, 0) is 30.6 Å². The lowest BCUT2D eigenvalue weighted by Crippen LogP contribution is -2.52. The number of morpholine rings is 1. The van der Waals surface area contributed by atoms with Gasteiger partial charge in [-0.2, -0.15) is 11.8 Å². The molecule has 24 heavy (non-hydrogen) atoms. The van der Waals surface area contributed by atoms with Gasteiger partial charge in [-0.25, -0.2) is 0 Å². The Balaban J connectivity index is 2.09. The van der Waals surface area contributed by atoms with Crippen molar-refractivity contribution in [1.29, 1.82) is 0 Å². The fourth-order valence-corrected chi connectivity index (χ4v) is 3.04. The maximum absolute atomic E-state index is 12.7. The Morgan fingerprint density at radius 3 is 2.71 bits per heavy atom. The number of thioether (sulfide) groups is 1. The number of benzene rings is 1. The number of ether oxygens (including phenoxy) is 2. The van der Waals surface area contributed by atoms with Crippen LogP contribution >= 0.6 is 11.8 Å². The average molecular weight is 352 g/mol. The van der Waals surface area contributed by atoms with Crippen LogP contribution in [0.5, 0.6) is 5.75 Å². The van der Waals surface area contributed by atoms with Gasteiger partial charge >= 0.3 is 0 Å². The lowest BCUT2D eigenvalue weighted by molar-refractivity contribution is -0.137. The highest BCUT2D eigenvalue weighted by atomic mass is 32.2. The van der Waals surface area contributed by atoms with Crippen LogP contribution in [0.2, 0.25) is 0 Å². The van der Waals surface area contributed by atoms with Crippen molar-refractivity contribution >= 4 is 23.6 Å². The van der Waals surface area contributed by atoms with Crippen LogP contribution < -0.4 is 10.1 Å². The molecule has 1 atom stereocenters. The van der Waals surface area contributed by atoms with E-state index in [0.717, 1.165) is 5.75 Å². The number of hydrogen-bond donors (Lipinski definition) is 1. The van der Waals surface area contributed by atoms with Crippen molar-refractivity contribution in [1.82, 2.24) is 10.2 Å². The van der Waals surface area contributed by atoms with Gasteiger partial charge in [-0.1, -0.05) is 12.1 Å². The number of methoxy groups -OCH3 is 1. The van der Waals surface area contributed by atoms with Crippen LogP contribution in [0.4, 0.5) is 0 Å². The highest BCUT2D eigenvalue weighted by molar-refractivity contribution is 7.98. The molecule has 6 nitrogen and oxygen atoms in total. The second-order valence-corrected chi connectivity index (χ2v) is 6.43. The van der Waals surface area contributed by atoms with E-state index in [1.165, 1.54) is 7.11 Å². The Bertz CT molecular complexity index is 561. The third kappa shape index (κ3) is 4.88. The minimum absolute atomic E-state index is 0.0457. The number of carbonyl (C=O) groups is 2. The van der Waals surface area contributed by atoms with Crippen molar-refractivity contribution in [2.45, 2.75) is 12.5 Å². The van der Waals surface area contributed by atoms with Gasteiger partial charge in [0.25, 0.3) is 5.91 Å². The number of hydrogen-bond acceptors (Lipinski definition) is 5. The van der Waals surface area contributed by atoms with Gasteiger partial charge < -0.3 is 19.7 Å². The number of carbonyl (C=O) groups excluding carboxylic acids is 2. The minimum Gasteiger partial charge on any atom is -0.496 e. The van der Waals surface area contributed by atoms with Gasteiger partial charge in [0.05, 0.1) is 25.9 Å². The molecule has 0 aromatic heterocycles. The largest absolute Gasteiger partial charge is 0.496 e. The normalized spacial score (nSPS) is 15.7. The monoisotopic (exact) mass is 352 g/mol. The molecule has 2 rings (SSSR count). The highest BCUT2D eigenvalue weighted by Gasteiger charge is 2.27. The third-order valence-electron chi connectivity index (χ3n) is 3.89. The molecule has 0 spiro atoms. The second-order valence-electron chi connectivity index (χ2n) is 5.45. The fraction of sp³-hybridized carbons (Fsp3) is 0.529. The molecule has 1 aliphatic heterocycles. The first-order valence-electron chi connectivity index (χ1n) is 7.96. The van der Waals surface area contributed by atoms with E-state index < -0.39 is 6.04 Å². The van der Waals surface area contributed by atoms with Crippen molar-refractivity contribution in [3.05, 3.63) is 29.8 Å². The van der Waals surface area contributed by atoms with Gasteiger partial charge in [0.1, 0.15) is 11.8 Å². The summed E-state index contributed by atoms with van der Waals surface area (Å²) in [5.74, 6) is 0.959. The quantitative estimate of drug-likeness (QED) is 0.804. The standard InChI is InChI=1S/C17H24N2O4S/c1-22-15-6-4-3-5-13(15)16(20)18-14(7-12-24-2)17(21)19-8-10-23-11-9-19/h3-6,14H,7-12H2,1-2H3,(H,18,20)/t14-/m1/s1. The summed E-state index contributed by atoms with van der Waals surface area (Å²) in [4.78, 5) is 27.1. The number of amides is 2. The summed E-state index contributed by atoms with van der Waals surface area (Å²) < 4.78 is 10.5. The van der Waals surface area contributed by atoms with E-state index in [2.05, 4.69) is 5.32 Å². The summed E-state index contributed by atoms with van der Waals surface area (Å²) in [6.07, 6.45) is 2.58. The Morgan fingerprint density at radius 2 is 2.04 bits per heavy atom. The summed E-state index contributed by atoms with van der Waals surface area (Å²) in [7, 11) is 1.52. The van der Waals surface area contributed by atoms with Crippen LogP contribution in [0.1, 0.15) is 16.8 Å². The molecule has 1 aromatic carbocycles. The van der Waals surface area contributed by atoms with E-state index in [-0.39, 0.29) is 11.8 Å². The molecule has 1 heterocycles. The molecule has 7 heteroatoms. The number of nitrogens with one attached hydrogen (secondary N) is 1. The molecule has 132 valence electrons. The predicted molar refractivity (Wildman–Crippen MR) is 94.6 cm³/mol. The molecule has 1 N–H and O–H groups in total. The Morgan fingerprint density at radius 1 is 1.33 bits per heavy atom. The van der Waals surface area contributed by atoms with E-state index in [1.807, 2.05) is 6.26 Å². The molecule has 0 radical (unpaired) electrons. The molecule has 0 aliphatic carbocycles. The van der Waals surface area contributed by atoms with Crippen molar-refractivity contribution in [2.75, 3.05) is 45.4 Å². The van der Waals surface area contributed by atoms with Crippen LogP contribution in [0, 0.1) is 0 Å². The maximum Gasteiger partial charge on any atom is 0.255 e. The topological polar surface area (TPSA) is 67.9 Å². The Kier molecular flexibility index (Phi) is 7.39. The minimum atomic E-state index is -0.534. The predicted octanol–water partition coefficient (Wildman–Crippen LogP) is 1.41. The first-order valence-corrected chi connectivity index (χ1v) is 9.36. The van der Waals surface area contributed by atoms with E-state index in [9.17, 15) is 9.59 Å². The summed E-state index contributed by atoms with van der Waals surface area (Å²) in [6, 6.07) is 6.47. The lowest BCUT2D eigenvalue weighted by atomic mass is 10.1. The highest BCUT2D eigenvalue weighted by Crippen LogP contribution is 2.18. The van der Waals surface area contributed by atoms with Gasteiger partial charge in [0.2, 0.25) is 5.91 Å². The molecular weight excluding hydrogens is 328 g/mol. The third-order valence-corrected chi connectivity index (χ3v) is 4.53. The molecule has 1 aliphatic rings. The van der Waals surface area contributed by atoms with Gasteiger partial charge in [-0.3, -0.25) is 9.59 Å². The van der Waals surface area contributed by atoms with Crippen LogP contribution in [0.25, 0.3) is 0 Å². The second kappa shape index (κ2) is 9.54. The average Bonchev–Trinajstić information content (AvgIpc) is 2.65. The van der Waals surface area contributed by atoms with Crippen LogP contribution in [-0.4, -0.2) is 68.2 Å². The maximum atomic E-state index is 12.7. The summed E-state index contributed by atoms with van der Waals surface area (Å²) in [5.41, 5.74) is 0.434. The zero-order valence-electron chi connectivity index (χ0n) is 14.1.